The van der Waals surface area contributed by atoms with E-state index in [9.17, 15) is 14.7 Å². The molecule has 0 bridgehead atoms. The largest absolute Gasteiger partial charge is 0.391 e. The Balaban J connectivity index is 0.920. The Hall–Kier alpha value is -2.48. The molecule has 2 heterocycles. The monoisotopic (exact) mass is 641 g/mol. The van der Waals surface area contributed by atoms with Gasteiger partial charge in [-0.3, -0.25) is 14.5 Å². The van der Waals surface area contributed by atoms with Gasteiger partial charge in [0.1, 0.15) is 6.04 Å². The van der Waals surface area contributed by atoms with Crippen molar-refractivity contribution in [3.8, 4) is 0 Å². The van der Waals surface area contributed by atoms with Crippen LogP contribution in [0.5, 0.6) is 0 Å². The van der Waals surface area contributed by atoms with Crippen LogP contribution in [0.3, 0.4) is 0 Å². The van der Waals surface area contributed by atoms with Crippen molar-refractivity contribution in [2.24, 2.45) is 34.5 Å². The Morgan fingerprint density at radius 1 is 0.851 bits per heavy atom. The van der Waals surface area contributed by atoms with Crippen molar-refractivity contribution in [2.45, 2.75) is 102 Å². The fourth-order valence-corrected chi connectivity index (χ4v) is 12.2. The van der Waals surface area contributed by atoms with Gasteiger partial charge in [-0.2, -0.15) is 0 Å². The van der Waals surface area contributed by atoms with Gasteiger partial charge in [0, 0.05) is 51.4 Å². The fraction of sp³-hybridized carbons (Fsp3) is 0.700. The van der Waals surface area contributed by atoms with E-state index in [1.54, 1.807) is 0 Å². The van der Waals surface area contributed by atoms with Gasteiger partial charge in [-0.1, -0.05) is 44.2 Å². The number of aliphatic hydroxyl groups is 1. The Kier molecular flexibility index (Phi) is 8.20. The van der Waals surface area contributed by atoms with Crippen molar-refractivity contribution in [1.29, 1.82) is 0 Å². The smallest absolute Gasteiger partial charge is 0.254 e. The number of amides is 2. The van der Waals surface area contributed by atoms with Crippen molar-refractivity contribution < 1.29 is 19.4 Å². The number of carbonyl (C=O) groups excluding carboxylic acids is 2. The summed E-state index contributed by atoms with van der Waals surface area (Å²) in [6, 6.07) is 13.7. The number of carbonyl (C=O) groups is 2. The zero-order valence-corrected chi connectivity index (χ0v) is 28.8. The van der Waals surface area contributed by atoms with Crippen LogP contribution in [0.4, 0.5) is 0 Å². The van der Waals surface area contributed by atoms with Gasteiger partial charge in [-0.15, -0.1) is 0 Å². The minimum atomic E-state index is -0.384. The molecule has 2 amide bonds. The zero-order chi connectivity index (χ0) is 32.5. The van der Waals surface area contributed by atoms with Gasteiger partial charge in [0.15, 0.2) is 0 Å². The van der Waals surface area contributed by atoms with Gasteiger partial charge in [0.2, 0.25) is 5.91 Å². The highest BCUT2D eigenvalue weighted by Crippen LogP contribution is 2.66. The van der Waals surface area contributed by atoms with Crippen LogP contribution in [0, 0.1) is 34.5 Å². The van der Waals surface area contributed by atoms with Crippen LogP contribution >= 0.6 is 0 Å². The van der Waals surface area contributed by atoms with E-state index in [0.717, 1.165) is 67.3 Å². The molecule has 6 fully saturated rings. The molecule has 4 saturated carbocycles. The second-order valence-electron chi connectivity index (χ2n) is 16.7. The molecule has 0 aromatic heterocycles. The van der Waals surface area contributed by atoms with Gasteiger partial charge < -0.3 is 19.6 Å². The maximum Gasteiger partial charge on any atom is 0.254 e. The number of rotatable bonds is 4. The second-order valence-corrected chi connectivity index (χ2v) is 16.7. The lowest BCUT2D eigenvalue weighted by atomic mass is 9.44. The molecule has 1 N–H and O–H groups in total. The standard InChI is InChI=1S/C40H55N3O4/c1-39-17-16-32-30(31(39)14-15-36(39)47-3)13-12-29-24-35(44)34(25-40(29,32)2)41-19-21-42(22-20-41)38(46)33-9-6-18-43(33)37(45)28-11-10-26-7-4-5-8-27(26)23-28/h4-5,7-8,10-11,23,29-36,44H,6,9,12-22,24-25H2,1-3H3/t29-,30-,31-,32-,33-,34-,35-,36-,39-,40-/m0/s1. The SMILES string of the molecule is CO[C@H]1CC[C@H]2[C@@H]3CC[C@H]4C[C@H](O)[C@@H](N5CCN(C(=O)[C@@H]6CCCN6C(=O)c6ccc7ccccc7c6)CC5)C[C@]4(C)[C@H]3CC[C@]12C. The first-order chi connectivity index (χ1) is 22.7. The number of aliphatic hydroxyl groups excluding tert-OH is 1. The van der Waals surface area contributed by atoms with E-state index < -0.39 is 0 Å². The summed E-state index contributed by atoms with van der Waals surface area (Å²) < 4.78 is 6.03. The van der Waals surface area contributed by atoms with Gasteiger partial charge in [-0.05, 0) is 122 Å². The number of hydrogen-bond acceptors (Lipinski definition) is 5. The zero-order valence-electron chi connectivity index (χ0n) is 28.8. The number of nitrogens with zero attached hydrogens (tertiary/aromatic N) is 3. The molecular weight excluding hydrogens is 586 g/mol. The summed E-state index contributed by atoms with van der Waals surface area (Å²) in [5.74, 6) is 2.96. The Labute approximate surface area is 281 Å². The molecule has 6 aliphatic rings. The van der Waals surface area contributed by atoms with Crippen LogP contribution in [0.1, 0.15) is 88.4 Å². The Bertz CT molecular complexity index is 1510. The molecule has 4 aliphatic carbocycles. The number of likely N-dealkylation sites (tertiary alicyclic amines) is 1. The summed E-state index contributed by atoms with van der Waals surface area (Å²) in [5, 5.41) is 13.7. The van der Waals surface area contributed by atoms with Gasteiger partial charge in [0.05, 0.1) is 12.2 Å². The second kappa shape index (κ2) is 12.1. The molecule has 47 heavy (non-hydrogen) atoms. The molecule has 2 saturated heterocycles. The third kappa shape index (κ3) is 5.17. The normalized spacial score (nSPS) is 40.6. The van der Waals surface area contributed by atoms with E-state index in [-0.39, 0.29) is 35.4 Å². The molecule has 8 rings (SSSR count). The lowest BCUT2D eigenvalue weighted by Crippen LogP contribution is -2.63. The number of piperazine rings is 1. The molecule has 2 aromatic rings. The third-order valence-corrected chi connectivity index (χ3v) is 14.8. The van der Waals surface area contributed by atoms with Crippen LogP contribution in [0.2, 0.25) is 0 Å². The summed E-state index contributed by atoms with van der Waals surface area (Å²) in [7, 11) is 1.92. The van der Waals surface area contributed by atoms with E-state index in [1.807, 2.05) is 53.3 Å². The third-order valence-electron chi connectivity index (χ3n) is 14.8. The van der Waals surface area contributed by atoms with Crippen LogP contribution in [-0.4, -0.2) is 95.7 Å². The highest BCUT2D eigenvalue weighted by Gasteiger charge is 2.61. The van der Waals surface area contributed by atoms with Crippen molar-refractivity contribution >= 4 is 22.6 Å². The molecule has 2 aromatic carbocycles. The molecule has 7 heteroatoms. The summed E-state index contributed by atoms with van der Waals surface area (Å²) in [4.78, 5) is 33.9. The lowest BCUT2D eigenvalue weighted by Gasteiger charge is -2.62. The molecule has 10 atom stereocenters. The summed E-state index contributed by atoms with van der Waals surface area (Å²) in [6.07, 6.45) is 11.4. The van der Waals surface area contributed by atoms with Gasteiger partial charge in [-0.25, -0.2) is 0 Å². The molecule has 2 aliphatic heterocycles. The maximum atomic E-state index is 13.9. The topological polar surface area (TPSA) is 73.3 Å². The quantitative estimate of drug-likeness (QED) is 0.445. The van der Waals surface area contributed by atoms with E-state index >= 15 is 0 Å². The maximum absolute atomic E-state index is 13.9. The molecule has 0 radical (unpaired) electrons. The first-order valence-corrected chi connectivity index (χ1v) is 18.7. The number of ether oxygens (including phenoxy) is 1. The molecule has 0 unspecified atom stereocenters. The summed E-state index contributed by atoms with van der Waals surface area (Å²) in [5.41, 5.74) is 1.25. The van der Waals surface area contributed by atoms with Gasteiger partial charge >= 0.3 is 0 Å². The van der Waals surface area contributed by atoms with Crippen molar-refractivity contribution in [3.05, 3.63) is 48.0 Å². The van der Waals surface area contributed by atoms with Crippen LogP contribution in [-0.2, 0) is 9.53 Å². The minimum absolute atomic E-state index is 0.0393. The first kappa shape index (κ1) is 31.8. The van der Waals surface area contributed by atoms with Crippen molar-refractivity contribution in [1.82, 2.24) is 14.7 Å². The predicted octanol–water partition coefficient (Wildman–Crippen LogP) is 5.99. The number of methoxy groups -OCH3 is 1. The molecule has 0 spiro atoms. The van der Waals surface area contributed by atoms with Crippen molar-refractivity contribution in [3.63, 3.8) is 0 Å². The average Bonchev–Trinajstić information content (AvgIpc) is 3.72. The minimum Gasteiger partial charge on any atom is -0.391 e. The average molecular weight is 642 g/mol. The predicted molar refractivity (Wildman–Crippen MR) is 184 cm³/mol. The van der Waals surface area contributed by atoms with Crippen molar-refractivity contribution in [2.75, 3.05) is 39.8 Å². The molecule has 254 valence electrons. The van der Waals surface area contributed by atoms with Gasteiger partial charge in [0.25, 0.3) is 5.91 Å². The van der Waals surface area contributed by atoms with E-state index in [1.165, 1.54) is 38.5 Å². The fourth-order valence-electron chi connectivity index (χ4n) is 12.2. The molecule has 7 nitrogen and oxygen atoms in total. The van der Waals surface area contributed by atoms with Crippen LogP contribution < -0.4 is 0 Å². The summed E-state index contributed by atoms with van der Waals surface area (Å²) >= 11 is 0. The van der Waals surface area contributed by atoms with Crippen LogP contribution in [0.15, 0.2) is 42.5 Å². The lowest BCUT2D eigenvalue weighted by molar-refractivity contribution is -0.159. The van der Waals surface area contributed by atoms with E-state index in [4.69, 9.17) is 4.74 Å². The Morgan fingerprint density at radius 3 is 2.40 bits per heavy atom. The Morgan fingerprint density at radius 2 is 1.62 bits per heavy atom. The van der Waals surface area contributed by atoms with E-state index in [0.29, 0.717) is 42.6 Å². The first-order valence-electron chi connectivity index (χ1n) is 18.7. The number of hydrogen-bond donors (Lipinski definition) is 1. The highest BCUT2D eigenvalue weighted by molar-refractivity contribution is 6.01. The highest BCUT2D eigenvalue weighted by atomic mass is 16.5. The number of fused-ring (bicyclic) bond motifs is 6. The summed E-state index contributed by atoms with van der Waals surface area (Å²) in [6.45, 7) is 8.66. The van der Waals surface area contributed by atoms with Crippen LogP contribution in [0.25, 0.3) is 10.8 Å². The molecular formula is C40H55N3O4. The number of benzene rings is 2. The van der Waals surface area contributed by atoms with E-state index in [2.05, 4.69) is 24.8 Å².